The number of carbonyl (C=O) groups is 1. The number of hydrogen-bond donors (Lipinski definition) is 2. The molecule has 0 aliphatic rings. The highest BCUT2D eigenvalue weighted by molar-refractivity contribution is 5.99. The number of anilines is 2. The van der Waals surface area contributed by atoms with Crippen LogP contribution in [0.25, 0.3) is 5.82 Å². The number of benzene rings is 1. The second-order valence-electron chi connectivity index (χ2n) is 6.46. The highest BCUT2D eigenvalue weighted by Gasteiger charge is 2.09. The number of rotatable bonds is 4. The van der Waals surface area contributed by atoms with Crippen LogP contribution in [-0.2, 0) is 0 Å². The molecule has 0 aliphatic carbocycles. The van der Waals surface area contributed by atoms with Gasteiger partial charge in [0.05, 0.1) is 5.69 Å². The monoisotopic (exact) mass is 350 g/mol. The number of amides is 2. The van der Waals surface area contributed by atoms with Crippen molar-refractivity contribution < 1.29 is 4.79 Å². The van der Waals surface area contributed by atoms with Gasteiger partial charge in [-0.05, 0) is 43.5 Å². The Morgan fingerprint density at radius 3 is 2.38 bits per heavy atom. The molecule has 2 N–H and O–H groups in total. The third-order valence-electron chi connectivity index (χ3n) is 3.96. The molecule has 0 bridgehead atoms. The molecule has 3 aromatic rings. The molecule has 2 aromatic heterocycles. The van der Waals surface area contributed by atoms with Crippen molar-refractivity contribution in [1.82, 2.24) is 19.7 Å². The number of urea groups is 1. The van der Waals surface area contributed by atoms with Gasteiger partial charge in [0.1, 0.15) is 12.1 Å². The number of hydrogen-bond acceptors (Lipinski definition) is 4. The van der Waals surface area contributed by atoms with Crippen LogP contribution in [0.1, 0.15) is 36.7 Å². The van der Waals surface area contributed by atoms with Crippen molar-refractivity contribution >= 4 is 17.5 Å². The van der Waals surface area contributed by atoms with E-state index in [0.29, 0.717) is 17.6 Å². The molecule has 1 aromatic carbocycles. The first-order valence-electron chi connectivity index (χ1n) is 8.46. The average molecular weight is 350 g/mol. The minimum atomic E-state index is -0.361. The van der Waals surface area contributed by atoms with E-state index in [2.05, 4.69) is 39.5 Å². The molecule has 2 heterocycles. The zero-order valence-electron chi connectivity index (χ0n) is 15.3. The molecule has 0 radical (unpaired) electrons. The van der Waals surface area contributed by atoms with Crippen LogP contribution < -0.4 is 10.6 Å². The lowest BCUT2D eigenvalue weighted by Crippen LogP contribution is -2.20. The second kappa shape index (κ2) is 7.35. The Kier molecular flexibility index (Phi) is 4.97. The standard InChI is InChI=1S/C19H22N6O/c1-12(2)15-5-7-16(8-6-15)22-19(26)23-17-10-18(21-11-20-17)25-14(4)9-13(3)24-25/h5-12H,1-4H3,(H2,20,21,22,23,26). The van der Waals surface area contributed by atoms with Crippen LogP contribution in [0, 0.1) is 13.8 Å². The Morgan fingerprint density at radius 1 is 1.04 bits per heavy atom. The van der Waals surface area contributed by atoms with Crippen molar-refractivity contribution in [3.8, 4) is 5.82 Å². The Hall–Kier alpha value is -3.22. The molecule has 26 heavy (non-hydrogen) atoms. The van der Waals surface area contributed by atoms with E-state index in [0.717, 1.165) is 17.1 Å². The number of nitrogens with zero attached hydrogens (tertiary/aromatic N) is 4. The van der Waals surface area contributed by atoms with Crippen molar-refractivity contribution in [2.24, 2.45) is 0 Å². The molecule has 7 nitrogen and oxygen atoms in total. The maximum absolute atomic E-state index is 12.2. The topological polar surface area (TPSA) is 84.7 Å². The van der Waals surface area contributed by atoms with Gasteiger partial charge in [-0.2, -0.15) is 5.10 Å². The van der Waals surface area contributed by atoms with Crippen LogP contribution in [0.4, 0.5) is 16.3 Å². The van der Waals surface area contributed by atoms with E-state index in [-0.39, 0.29) is 6.03 Å². The van der Waals surface area contributed by atoms with Crippen molar-refractivity contribution in [2.75, 3.05) is 10.6 Å². The fraction of sp³-hybridized carbons (Fsp3) is 0.263. The van der Waals surface area contributed by atoms with Gasteiger partial charge in [0.15, 0.2) is 5.82 Å². The van der Waals surface area contributed by atoms with Gasteiger partial charge in [-0.25, -0.2) is 19.4 Å². The lowest BCUT2D eigenvalue weighted by Gasteiger charge is -2.10. The number of aromatic nitrogens is 4. The second-order valence-corrected chi connectivity index (χ2v) is 6.46. The molecule has 0 spiro atoms. The SMILES string of the molecule is Cc1cc(C)n(-c2cc(NC(=O)Nc3ccc(C(C)C)cc3)ncn2)n1. The van der Waals surface area contributed by atoms with Gasteiger partial charge in [-0.1, -0.05) is 26.0 Å². The van der Waals surface area contributed by atoms with Gasteiger partial charge in [0, 0.05) is 17.4 Å². The quantitative estimate of drug-likeness (QED) is 0.743. The predicted molar refractivity (Wildman–Crippen MR) is 102 cm³/mol. The van der Waals surface area contributed by atoms with Crippen molar-refractivity contribution in [3.63, 3.8) is 0 Å². The van der Waals surface area contributed by atoms with E-state index in [4.69, 9.17) is 0 Å². The van der Waals surface area contributed by atoms with Gasteiger partial charge >= 0.3 is 6.03 Å². The van der Waals surface area contributed by atoms with Crippen molar-refractivity contribution in [2.45, 2.75) is 33.6 Å². The highest BCUT2D eigenvalue weighted by atomic mass is 16.2. The minimum absolute atomic E-state index is 0.361. The molecule has 7 heteroatoms. The normalized spacial score (nSPS) is 10.8. The molecule has 0 saturated heterocycles. The molecule has 0 aliphatic heterocycles. The minimum Gasteiger partial charge on any atom is -0.308 e. The summed E-state index contributed by atoms with van der Waals surface area (Å²) in [6.45, 7) is 8.12. The molecule has 2 amide bonds. The molecule has 0 fully saturated rings. The largest absolute Gasteiger partial charge is 0.324 e. The van der Waals surface area contributed by atoms with Crippen LogP contribution in [0.5, 0.6) is 0 Å². The van der Waals surface area contributed by atoms with Crippen LogP contribution in [0.15, 0.2) is 42.7 Å². The summed E-state index contributed by atoms with van der Waals surface area (Å²) in [6.07, 6.45) is 1.40. The van der Waals surface area contributed by atoms with Gasteiger partial charge in [-0.15, -0.1) is 0 Å². The maximum Gasteiger partial charge on any atom is 0.324 e. The fourth-order valence-corrected chi connectivity index (χ4v) is 2.62. The first-order valence-corrected chi connectivity index (χ1v) is 8.46. The first kappa shape index (κ1) is 17.6. The van der Waals surface area contributed by atoms with Gasteiger partial charge in [0.25, 0.3) is 0 Å². The van der Waals surface area contributed by atoms with Gasteiger partial charge < -0.3 is 5.32 Å². The summed E-state index contributed by atoms with van der Waals surface area (Å²) in [5.74, 6) is 1.45. The zero-order chi connectivity index (χ0) is 18.7. The van der Waals surface area contributed by atoms with Gasteiger partial charge in [0.2, 0.25) is 0 Å². The maximum atomic E-state index is 12.2. The van der Waals surface area contributed by atoms with Crippen molar-refractivity contribution in [1.29, 1.82) is 0 Å². The number of carbonyl (C=O) groups excluding carboxylic acids is 1. The molecule has 134 valence electrons. The number of nitrogens with one attached hydrogen (secondary N) is 2. The summed E-state index contributed by atoms with van der Waals surface area (Å²) in [5, 5.41) is 9.91. The van der Waals surface area contributed by atoms with E-state index in [9.17, 15) is 4.79 Å². The molecule has 0 unspecified atom stereocenters. The fourth-order valence-electron chi connectivity index (χ4n) is 2.62. The summed E-state index contributed by atoms with van der Waals surface area (Å²) in [6, 6.07) is 11.1. The molecular weight excluding hydrogens is 328 g/mol. The van der Waals surface area contributed by atoms with Crippen LogP contribution >= 0.6 is 0 Å². The average Bonchev–Trinajstić information content (AvgIpc) is 2.94. The molecular formula is C19H22N6O. The Balaban J connectivity index is 1.69. The third-order valence-corrected chi connectivity index (χ3v) is 3.96. The summed E-state index contributed by atoms with van der Waals surface area (Å²) in [5.41, 5.74) is 3.81. The van der Waals surface area contributed by atoms with E-state index < -0.39 is 0 Å². The Morgan fingerprint density at radius 2 is 1.77 bits per heavy atom. The van der Waals surface area contributed by atoms with Crippen LogP contribution in [0.2, 0.25) is 0 Å². The third kappa shape index (κ3) is 4.05. The van der Waals surface area contributed by atoms with Gasteiger partial charge in [-0.3, -0.25) is 5.32 Å². The van der Waals surface area contributed by atoms with E-state index in [1.165, 1.54) is 11.9 Å². The lowest BCUT2D eigenvalue weighted by atomic mass is 10.0. The predicted octanol–water partition coefficient (Wildman–Crippen LogP) is 4.05. The Labute approximate surface area is 152 Å². The summed E-state index contributed by atoms with van der Waals surface area (Å²) >= 11 is 0. The first-order chi connectivity index (χ1) is 12.4. The summed E-state index contributed by atoms with van der Waals surface area (Å²) < 4.78 is 1.71. The zero-order valence-corrected chi connectivity index (χ0v) is 15.3. The number of aryl methyl sites for hydroxylation is 2. The van der Waals surface area contributed by atoms with Crippen LogP contribution in [-0.4, -0.2) is 25.8 Å². The molecule has 0 saturated carbocycles. The van der Waals surface area contributed by atoms with E-state index in [1.807, 2.05) is 44.2 Å². The highest BCUT2D eigenvalue weighted by Crippen LogP contribution is 2.17. The summed E-state index contributed by atoms with van der Waals surface area (Å²) in [4.78, 5) is 20.5. The van der Waals surface area contributed by atoms with E-state index >= 15 is 0 Å². The lowest BCUT2D eigenvalue weighted by molar-refractivity contribution is 0.262. The van der Waals surface area contributed by atoms with Crippen molar-refractivity contribution in [3.05, 3.63) is 59.7 Å². The summed E-state index contributed by atoms with van der Waals surface area (Å²) in [7, 11) is 0. The smallest absolute Gasteiger partial charge is 0.308 e. The van der Waals surface area contributed by atoms with E-state index in [1.54, 1.807) is 10.7 Å². The van der Waals surface area contributed by atoms with Crippen LogP contribution in [0.3, 0.4) is 0 Å². The Bertz CT molecular complexity index is 914. The molecule has 0 atom stereocenters. The molecule has 3 rings (SSSR count).